The minimum absolute atomic E-state index is 0.0885. The van der Waals surface area contributed by atoms with E-state index in [2.05, 4.69) is 4.90 Å². The van der Waals surface area contributed by atoms with Gasteiger partial charge in [-0.3, -0.25) is 4.79 Å². The third kappa shape index (κ3) is 3.66. The molecule has 1 aromatic carbocycles. The van der Waals surface area contributed by atoms with Crippen LogP contribution in [0.25, 0.3) is 0 Å². The molecule has 16 heavy (non-hydrogen) atoms. The third-order valence-electron chi connectivity index (χ3n) is 2.49. The van der Waals surface area contributed by atoms with E-state index < -0.39 is 0 Å². The van der Waals surface area contributed by atoms with Gasteiger partial charge < -0.3 is 9.80 Å². The average Bonchev–Trinajstić information content (AvgIpc) is 2.24. The van der Waals surface area contributed by atoms with Crippen LogP contribution < -0.4 is 0 Å². The van der Waals surface area contributed by atoms with Gasteiger partial charge in [0.15, 0.2) is 0 Å². The monoisotopic (exact) mass is 220 g/mol. The van der Waals surface area contributed by atoms with Crippen molar-refractivity contribution in [3.63, 3.8) is 0 Å². The number of nitrogens with zero attached hydrogens (tertiary/aromatic N) is 2. The third-order valence-corrected chi connectivity index (χ3v) is 2.49. The Morgan fingerprint density at radius 3 is 2.44 bits per heavy atom. The van der Waals surface area contributed by atoms with Crippen molar-refractivity contribution in [2.75, 3.05) is 34.2 Å². The normalized spacial score (nSPS) is 10.6. The van der Waals surface area contributed by atoms with Gasteiger partial charge >= 0.3 is 0 Å². The van der Waals surface area contributed by atoms with Crippen molar-refractivity contribution in [1.82, 2.24) is 9.80 Å². The summed E-state index contributed by atoms with van der Waals surface area (Å²) >= 11 is 0. The molecule has 0 atom stereocenters. The molecule has 0 saturated heterocycles. The number of aryl methyl sites for hydroxylation is 1. The van der Waals surface area contributed by atoms with Gasteiger partial charge in [-0.1, -0.05) is 17.7 Å². The highest BCUT2D eigenvalue weighted by atomic mass is 16.2. The maximum absolute atomic E-state index is 12.0. The van der Waals surface area contributed by atoms with Crippen molar-refractivity contribution in [3.8, 4) is 0 Å². The van der Waals surface area contributed by atoms with Gasteiger partial charge in [-0.15, -0.1) is 0 Å². The largest absolute Gasteiger partial charge is 0.340 e. The first-order valence-electron chi connectivity index (χ1n) is 5.47. The lowest BCUT2D eigenvalue weighted by atomic mass is 10.1. The van der Waals surface area contributed by atoms with Crippen molar-refractivity contribution in [2.24, 2.45) is 0 Å². The molecule has 0 aliphatic rings. The van der Waals surface area contributed by atoms with Gasteiger partial charge in [-0.2, -0.15) is 0 Å². The molecule has 0 unspecified atom stereocenters. The standard InChI is InChI=1S/C13H20N2O/c1-11-6-5-7-12(10-11)13(16)15(4)9-8-14(2)3/h5-7,10H,8-9H2,1-4H3. The quantitative estimate of drug-likeness (QED) is 0.770. The van der Waals surface area contributed by atoms with Crippen LogP contribution in [-0.2, 0) is 0 Å². The van der Waals surface area contributed by atoms with E-state index in [1.165, 1.54) is 0 Å². The van der Waals surface area contributed by atoms with E-state index in [0.717, 1.165) is 24.2 Å². The average molecular weight is 220 g/mol. The van der Waals surface area contributed by atoms with Crippen molar-refractivity contribution in [3.05, 3.63) is 35.4 Å². The van der Waals surface area contributed by atoms with Crippen molar-refractivity contribution >= 4 is 5.91 Å². The lowest BCUT2D eigenvalue weighted by molar-refractivity contribution is 0.0786. The van der Waals surface area contributed by atoms with E-state index in [4.69, 9.17) is 0 Å². The molecule has 0 aliphatic carbocycles. The Hall–Kier alpha value is -1.35. The molecule has 0 heterocycles. The zero-order valence-electron chi connectivity index (χ0n) is 10.5. The second-order valence-electron chi connectivity index (χ2n) is 4.40. The van der Waals surface area contributed by atoms with Crippen LogP contribution in [0.4, 0.5) is 0 Å². The molecule has 0 spiro atoms. The number of benzene rings is 1. The van der Waals surface area contributed by atoms with Gasteiger partial charge in [0.05, 0.1) is 0 Å². The number of rotatable bonds is 4. The van der Waals surface area contributed by atoms with Crippen molar-refractivity contribution < 1.29 is 4.79 Å². The Kier molecular flexibility index (Phi) is 4.50. The van der Waals surface area contributed by atoms with E-state index in [9.17, 15) is 4.79 Å². The summed E-state index contributed by atoms with van der Waals surface area (Å²) in [4.78, 5) is 15.8. The van der Waals surface area contributed by atoms with Crippen LogP contribution in [0, 0.1) is 6.92 Å². The summed E-state index contributed by atoms with van der Waals surface area (Å²) in [5.41, 5.74) is 1.88. The Morgan fingerprint density at radius 2 is 1.88 bits per heavy atom. The molecule has 0 radical (unpaired) electrons. The topological polar surface area (TPSA) is 23.6 Å². The van der Waals surface area contributed by atoms with Gasteiger partial charge in [0.2, 0.25) is 0 Å². The van der Waals surface area contributed by atoms with Crippen LogP contribution >= 0.6 is 0 Å². The molecular weight excluding hydrogens is 200 g/mol. The van der Waals surface area contributed by atoms with E-state index >= 15 is 0 Å². The second kappa shape index (κ2) is 5.66. The summed E-state index contributed by atoms with van der Waals surface area (Å²) in [6, 6.07) is 7.70. The molecule has 1 rings (SSSR count). The first-order valence-corrected chi connectivity index (χ1v) is 5.47. The van der Waals surface area contributed by atoms with Crippen molar-refractivity contribution in [1.29, 1.82) is 0 Å². The molecule has 1 amide bonds. The number of hydrogen-bond donors (Lipinski definition) is 0. The Morgan fingerprint density at radius 1 is 1.19 bits per heavy atom. The lowest BCUT2D eigenvalue weighted by Gasteiger charge is -2.19. The first kappa shape index (κ1) is 12.7. The molecule has 3 heteroatoms. The van der Waals surface area contributed by atoms with Gasteiger partial charge in [-0.25, -0.2) is 0 Å². The summed E-state index contributed by atoms with van der Waals surface area (Å²) < 4.78 is 0. The fourth-order valence-electron chi connectivity index (χ4n) is 1.45. The maximum Gasteiger partial charge on any atom is 0.253 e. The van der Waals surface area contributed by atoms with Crippen molar-refractivity contribution in [2.45, 2.75) is 6.92 Å². The van der Waals surface area contributed by atoms with Crippen LogP contribution in [0.2, 0.25) is 0 Å². The van der Waals surface area contributed by atoms with Gasteiger partial charge in [0, 0.05) is 25.7 Å². The summed E-state index contributed by atoms with van der Waals surface area (Å²) in [7, 11) is 5.85. The Labute approximate surface area is 97.7 Å². The second-order valence-corrected chi connectivity index (χ2v) is 4.40. The Balaban J connectivity index is 2.63. The molecule has 0 bridgehead atoms. The number of hydrogen-bond acceptors (Lipinski definition) is 2. The molecule has 0 aliphatic heterocycles. The van der Waals surface area contributed by atoms with Crippen LogP contribution in [-0.4, -0.2) is 49.9 Å². The number of carbonyl (C=O) groups is 1. The van der Waals surface area contributed by atoms with Gasteiger partial charge in [0.1, 0.15) is 0 Å². The van der Waals surface area contributed by atoms with E-state index in [0.29, 0.717) is 0 Å². The Bertz CT molecular complexity index is 361. The predicted molar refractivity (Wildman–Crippen MR) is 66.7 cm³/mol. The van der Waals surface area contributed by atoms with E-state index in [1.54, 1.807) is 4.90 Å². The van der Waals surface area contributed by atoms with Crippen LogP contribution in [0.15, 0.2) is 24.3 Å². The smallest absolute Gasteiger partial charge is 0.253 e. The number of carbonyl (C=O) groups excluding carboxylic acids is 1. The molecule has 1 aromatic rings. The SMILES string of the molecule is Cc1cccc(C(=O)N(C)CCN(C)C)c1. The number of likely N-dealkylation sites (N-methyl/N-ethyl adjacent to an activating group) is 2. The summed E-state index contributed by atoms with van der Waals surface area (Å²) in [5, 5.41) is 0. The molecule has 0 N–H and O–H groups in total. The first-order chi connectivity index (χ1) is 7.50. The highest BCUT2D eigenvalue weighted by molar-refractivity contribution is 5.94. The molecular formula is C13H20N2O. The zero-order valence-corrected chi connectivity index (χ0v) is 10.5. The minimum Gasteiger partial charge on any atom is -0.340 e. The molecule has 0 fully saturated rings. The highest BCUT2D eigenvalue weighted by Gasteiger charge is 2.11. The van der Waals surface area contributed by atoms with Crippen LogP contribution in [0.1, 0.15) is 15.9 Å². The maximum atomic E-state index is 12.0. The highest BCUT2D eigenvalue weighted by Crippen LogP contribution is 2.06. The molecule has 0 aromatic heterocycles. The number of amides is 1. The molecule has 0 saturated carbocycles. The zero-order chi connectivity index (χ0) is 12.1. The van der Waals surface area contributed by atoms with E-state index in [-0.39, 0.29) is 5.91 Å². The summed E-state index contributed by atoms with van der Waals surface area (Å²) in [6.45, 7) is 3.63. The van der Waals surface area contributed by atoms with Gasteiger partial charge in [0.25, 0.3) is 5.91 Å². The van der Waals surface area contributed by atoms with Crippen LogP contribution in [0.5, 0.6) is 0 Å². The fraction of sp³-hybridized carbons (Fsp3) is 0.462. The van der Waals surface area contributed by atoms with Gasteiger partial charge in [-0.05, 0) is 33.2 Å². The summed E-state index contributed by atoms with van der Waals surface area (Å²) in [6.07, 6.45) is 0. The van der Waals surface area contributed by atoms with E-state index in [1.807, 2.05) is 52.3 Å². The molecule has 3 nitrogen and oxygen atoms in total. The van der Waals surface area contributed by atoms with Crippen LogP contribution in [0.3, 0.4) is 0 Å². The minimum atomic E-state index is 0.0885. The fourth-order valence-corrected chi connectivity index (χ4v) is 1.45. The summed E-state index contributed by atoms with van der Waals surface area (Å²) in [5.74, 6) is 0.0885. The molecule has 88 valence electrons. The lowest BCUT2D eigenvalue weighted by Crippen LogP contribution is -2.33. The predicted octanol–water partition coefficient (Wildman–Crippen LogP) is 1.63.